The number of methoxy groups -OCH3 is 1. The molecule has 0 fully saturated rings. The van der Waals surface area contributed by atoms with Crippen LogP contribution in [0.5, 0.6) is 11.6 Å². The third-order valence-corrected chi connectivity index (χ3v) is 5.37. The van der Waals surface area contributed by atoms with Gasteiger partial charge in [-0.15, -0.1) is 10.2 Å². The molecule has 1 aromatic heterocycles. The van der Waals surface area contributed by atoms with Crippen molar-refractivity contribution >= 4 is 23.4 Å². The van der Waals surface area contributed by atoms with Crippen molar-refractivity contribution in [2.24, 2.45) is 0 Å². The van der Waals surface area contributed by atoms with Crippen LogP contribution in [-0.4, -0.2) is 34.5 Å². The summed E-state index contributed by atoms with van der Waals surface area (Å²) in [6, 6.07) is 15.1. The molecule has 1 aliphatic rings. The van der Waals surface area contributed by atoms with Crippen LogP contribution in [0.15, 0.2) is 53.7 Å². The van der Waals surface area contributed by atoms with Crippen molar-refractivity contribution in [3.63, 3.8) is 0 Å². The van der Waals surface area contributed by atoms with E-state index in [1.54, 1.807) is 12.0 Å². The van der Waals surface area contributed by atoms with E-state index >= 15 is 0 Å². The van der Waals surface area contributed by atoms with E-state index in [1.165, 1.54) is 11.8 Å². The van der Waals surface area contributed by atoms with Gasteiger partial charge >= 0.3 is 0 Å². The minimum absolute atomic E-state index is 0.0309. The van der Waals surface area contributed by atoms with Crippen LogP contribution in [0, 0.1) is 0 Å². The molecule has 7 nitrogen and oxygen atoms in total. The fraction of sp³-hybridized carbons (Fsp3) is 0.273. The molecule has 0 N–H and O–H groups in total. The number of carbonyl (C=O) groups is 1. The van der Waals surface area contributed by atoms with Gasteiger partial charge in [0.2, 0.25) is 23.2 Å². The van der Waals surface area contributed by atoms with Crippen LogP contribution in [0.1, 0.15) is 31.6 Å². The number of nitrogens with zero attached hydrogens (tertiary/aromatic N) is 4. The summed E-state index contributed by atoms with van der Waals surface area (Å²) in [6.45, 7) is 1.98. The summed E-state index contributed by atoms with van der Waals surface area (Å²) in [4.78, 5) is 19.5. The standard InChI is InChI=1S/C22H22N4O3S/c1-4-7-18(27)26-17-9-6-5-8-16(17)19-20(23-22(30-3)25-24-19)29-21(26)14-10-12-15(28-2)13-11-14/h5-6,8-13,21H,4,7H2,1-3H3/t21-/m1/s1. The molecule has 0 saturated carbocycles. The lowest BCUT2D eigenvalue weighted by atomic mass is 10.1. The fourth-order valence-corrected chi connectivity index (χ4v) is 3.69. The van der Waals surface area contributed by atoms with Gasteiger partial charge in [0.05, 0.1) is 12.8 Å². The molecule has 1 atom stereocenters. The first-order valence-corrected chi connectivity index (χ1v) is 10.9. The number of aromatic nitrogens is 3. The Bertz CT molecular complexity index is 1060. The monoisotopic (exact) mass is 422 g/mol. The number of amides is 1. The highest BCUT2D eigenvalue weighted by Crippen LogP contribution is 2.43. The average Bonchev–Trinajstić information content (AvgIpc) is 2.93. The van der Waals surface area contributed by atoms with Gasteiger partial charge in [0.15, 0.2) is 5.69 Å². The van der Waals surface area contributed by atoms with Crippen LogP contribution in [0.25, 0.3) is 11.3 Å². The summed E-state index contributed by atoms with van der Waals surface area (Å²) in [5.41, 5.74) is 2.82. The molecule has 1 aliphatic heterocycles. The minimum Gasteiger partial charge on any atom is -0.497 e. The number of ether oxygens (including phenoxy) is 2. The average molecular weight is 423 g/mol. The van der Waals surface area contributed by atoms with Crippen molar-refractivity contribution in [2.75, 3.05) is 18.3 Å². The molecule has 4 rings (SSSR count). The summed E-state index contributed by atoms with van der Waals surface area (Å²) < 4.78 is 11.6. The fourth-order valence-electron chi connectivity index (χ4n) is 3.39. The molecule has 2 heterocycles. The van der Waals surface area contributed by atoms with Gasteiger partial charge in [-0.3, -0.25) is 9.69 Å². The normalized spacial score (nSPS) is 14.9. The number of hydrogen-bond donors (Lipinski definition) is 0. The number of thioether (sulfide) groups is 1. The maximum atomic E-state index is 13.3. The molecule has 154 valence electrons. The summed E-state index contributed by atoms with van der Waals surface area (Å²) in [7, 11) is 1.62. The molecule has 0 spiro atoms. The molecule has 0 aliphatic carbocycles. The van der Waals surface area contributed by atoms with Gasteiger partial charge in [0.25, 0.3) is 0 Å². The Morgan fingerprint density at radius 2 is 1.93 bits per heavy atom. The Kier molecular flexibility index (Phi) is 5.85. The quantitative estimate of drug-likeness (QED) is 0.561. The van der Waals surface area contributed by atoms with Crippen LogP contribution in [0.2, 0.25) is 0 Å². The second-order valence-corrected chi connectivity index (χ2v) is 7.50. The first-order chi connectivity index (χ1) is 14.7. The molecular formula is C22H22N4O3S. The number of para-hydroxylation sites is 1. The SMILES string of the molecule is CCCC(=O)N1c2ccccc2-c2nnc(SC)nc2O[C@@H]1c1ccc(OC)cc1. The highest BCUT2D eigenvalue weighted by molar-refractivity contribution is 7.98. The zero-order valence-corrected chi connectivity index (χ0v) is 17.8. The maximum absolute atomic E-state index is 13.3. The first-order valence-electron chi connectivity index (χ1n) is 9.67. The molecule has 2 aromatic carbocycles. The smallest absolute Gasteiger partial charge is 0.247 e. The number of fused-ring (bicyclic) bond motifs is 3. The highest BCUT2D eigenvalue weighted by atomic mass is 32.2. The van der Waals surface area contributed by atoms with E-state index in [1.807, 2.05) is 61.7 Å². The van der Waals surface area contributed by atoms with Crippen LogP contribution >= 0.6 is 11.8 Å². The van der Waals surface area contributed by atoms with Gasteiger partial charge < -0.3 is 9.47 Å². The lowest BCUT2D eigenvalue weighted by molar-refractivity contribution is -0.120. The van der Waals surface area contributed by atoms with E-state index in [4.69, 9.17) is 9.47 Å². The third kappa shape index (κ3) is 3.70. The largest absolute Gasteiger partial charge is 0.497 e. The molecule has 1 amide bonds. The predicted molar refractivity (Wildman–Crippen MR) is 116 cm³/mol. The van der Waals surface area contributed by atoms with E-state index in [9.17, 15) is 4.79 Å². The summed E-state index contributed by atoms with van der Waals surface area (Å²) in [5, 5.41) is 9.06. The zero-order chi connectivity index (χ0) is 21.1. The van der Waals surface area contributed by atoms with Crippen molar-refractivity contribution in [2.45, 2.75) is 31.1 Å². The number of anilines is 1. The highest BCUT2D eigenvalue weighted by Gasteiger charge is 2.35. The minimum atomic E-state index is -0.691. The molecule has 0 unspecified atom stereocenters. The van der Waals surface area contributed by atoms with Gasteiger partial charge in [-0.05, 0) is 43.0 Å². The van der Waals surface area contributed by atoms with E-state index in [0.717, 1.165) is 29.0 Å². The second-order valence-electron chi connectivity index (χ2n) is 6.73. The molecule has 0 radical (unpaired) electrons. The molecule has 0 saturated heterocycles. The van der Waals surface area contributed by atoms with Crippen molar-refractivity contribution in [1.82, 2.24) is 15.2 Å². The van der Waals surface area contributed by atoms with Gasteiger partial charge in [-0.1, -0.05) is 36.9 Å². The molecule has 3 aromatic rings. The third-order valence-electron chi connectivity index (χ3n) is 4.83. The lowest BCUT2D eigenvalue weighted by Crippen LogP contribution is -2.37. The van der Waals surface area contributed by atoms with E-state index in [-0.39, 0.29) is 5.91 Å². The van der Waals surface area contributed by atoms with Crippen LogP contribution in [-0.2, 0) is 4.79 Å². The van der Waals surface area contributed by atoms with Crippen LogP contribution in [0.3, 0.4) is 0 Å². The van der Waals surface area contributed by atoms with Crippen molar-refractivity contribution in [3.8, 4) is 22.9 Å². The Morgan fingerprint density at radius 1 is 1.17 bits per heavy atom. The topological polar surface area (TPSA) is 77.4 Å². The van der Waals surface area contributed by atoms with Gasteiger partial charge in [0, 0.05) is 17.5 Å². The Labute approximate surface area is 179 Å². The molecular weight excluding hydrogens is 400 g/mol. The number of hydrogen-bond acceptors (Lipinski definition) is 7. The van der Waals surface area contributed by atoms with E-state index < -0.39 is 6.23 Å². The zero-order valence-electron chi connectivity index (χ0n) is 17.0. The molecule has 0 bridgehead atoms. The molecule has 30 heavy (non-hydrogen) atoms. The van der Waals surface area contributed by atoms with E-state index in [2.05, 4.69) is 15.2 Å². The Balaban J connectivity index is 1.92. The number of carbonyl (C=O) groups excluding carboxylic acids is 1. The Morgan fingerprint density at radius 3 is 2.63 bits per heavy atom. The molecule has 8 heteroatoms. The van der Waals surface area contributed by atoms with Crippen molar-refractivity contribution in [1.29, 1.82) is 0 Å². The lowest BCUT2D eigenvalue weighted by Gasteiger charge is -2.31. The summed E-state index contributed by atoms with van der Waals surface area (Å²) in [6.07, 6.45) is 2.32. The maximum Gasteiger partial charge on any atom is 0.247 e. The first kappa shape index (κ1) is 20.2. The van der Waals surface area contributed by atoms with Gasteiger partial charge in [-0.2, -0.15) is 4.98 Å². The van der Waals surface area contributed by atoms with Gasteiger partial charge in [0.1, 0.15) is 5.75 Å². The van der Waals surface area contributed by atoms with Gasteiger partial charge in [-0.25, -0.2) is 0 Å². The predicted octanol–water partition coefficient (Wildman–Crippen LogP) is 4.49. The van der Waals surface area contributed by atoms with Crippen molar-refractivity contribution in [3.05, 3.63) is 54.1 Å². The van der Waals surface area contributed by atoms with Crippen LogP contribution in [0.4, 0.5) is 5.69 Å². The Hall–Kier alpha value is -3.13. The second kappa shape index (κ2) is 8.71. The number of benzene rings is 2. The summed E-state index contributed by atoms with van der Waals surface area (Å²) in [5.74, 6) is 1.05. The summed E-state index contributed by atoms with van der Waals surface area (Å²) >= 11 is 1.39. The van der Waals surface area contributed by atoms with Crippen LogP contribution < -0.4 is 14.4 Å². The van der Waals surface area contributed by atoms with E-state index in [0.29, 0.717) is 23.2 Å². The number of rotatable bonds is 5. The van der Waals surface area contributed by atoms with Crippen molar-refractivity contribution < 1.29 is 14.3 Å².